The third-order valence-electron chi connectivity index (χ3n) is 1.93. The van der Waals surface area contributed by atoms with Gasteiger partial charge in [0, 0.05) is 24.5 Å². The first-order chi connectivity index (χ1) is 7.38. The number of hydrogen-bond donors (Lipinski definition) is 1. The summed E-state index contributed by atoms with van der Waals surface area (Å²) in [6.45, 7) is 3.68. The molecule has 0 aliphatic carbocycles. The predicted octanol–water partition coefficient (Wildman–Crippen LogP) is 1.99. The number of carbonyl (C=O) groups excluding carboxylic acids is 1. The molecular formula is C12H17NO2S. The maximum Gasteiger partial charge on any atom is 0.246 e. The van der Waals surface area contributed by atoms with Gasteiger partial charge in [-0.25, -0.2) is 0 Å². The van der Waals surface area contributed by atoms with E-state index in [0.717, 1.165) is 4.88 Å². The Labute approximate surface area is 100 Å². The summed E-state index contributed by atoms with van der Waals surface area (Å²) in [6.07, 6.45) is 3.31. The molecule has 0 spiro atoms. The van der Waals surface area contributed by atoms with Crippen LogP contribution in [0.1, 0.15) is 18.7 Å². The summed E-state index contributed by atoms with van der Waals surface area (Å²) in [7, 11) is 1.68. The van der Waals surface area contributed by atoms with E-state index in [9.17, 15) is 9.90 Å². The van der Waals surface area contributed by atoms with E-state index in [-0.39, 0.29) is 5.91 Å². The molecule has 1 aromatic heterocycles. The van der Waals surface area contributed by atoms with Crippen LogP contribution in [-0.4, -0.2) is 35.1 Å². The molecule has 1 heterocycles. The van der Waals surface area contributed by atoms with E-state index in [1.165, 1.54) is 11.0 Å². The Kier molecular flexibility index (Phi) is 4.26. The van der Waals surface area contributed by atoms with Crippen molar-refractivity contribution >= 4 is 23.3 Å². The Hall–Kier alpha value is -1.13. The van der Waals surface area contributed by atoms with Gasteiger partial charge in [-0.3, -0.25) is 4.79 Å². The van der Waals surface area contributed by atoms with Crippen molar-refractivity contribution < 1.29 is 9.90 Å². The SMILES string of the molecule is CN(CC(C)(C)O)C(=O)C=Cc1cccs1. The highest BCUT2D eigenvalue weighted by Crippen LogP contribution is 2.10. The molecule has 16 heavy (non-hydrogen) atoms. The molecule has 88 valence electrons. The molecule has 0 atom stereocenters. The zero-order valence-electron chi connectivity index (χ0n) is 9.80. The molecule has 1 rings (SSSR count). The number of carbonyl (C=O) groups is 1. The normalized spacial score (nSPS) is 12.0. The standard InChI is InChI=1S/C12H17NO2S/c1-12(2,15)9-13(3)11(14)7-6-10-5-4-8-16-10/h4-8,15H,9H2,1-3H3. The second-order valence-corrected chi connectivity index (χ2v) is 5.33. The van der Waals surface area contributed by atoms with Crippen molar-refractivity contribution in [2.75, 3.05) is 13.6 Å². The summed E-state index contributed by atoms with van der Waals surface area (Å²) in [5.41, 5.74) is -0.860. The molecule has 0 unspecified atom stereocenters. The van der Waals surface area contributed by atoms with Crippen molar-refractivity contribution in [3.05, 3.63) is 28.5 Å². The molecule has 0 aliphatic heterocycles. The number of hydrogen-bond acceptors (Lipinski definition) is 3. The molecule has 0 saturated heterocycles. The molecule has 0 fully saturated rings. The van der Waals surface area contributed by atoms with E-state index < -0.39 is 5.60 Å². The number of aliphatic hydroxyl groups is 1. The van der Waals surface area contributed by atoms with Gasteiger partial charge in [0.15, 0.2) is 0 Å². The van der Waals surface area contributed by atoms with Gasteiger partial charge in [0.05, 0.1) is 5.60 Å². The first kappa shape index (κ1) is 12.9. The lowest BCUT2D eigenvalue weighted by molar-refractivity contribution is -0.127. The van der Waals surface area contributed by atoms with Gasteiger partial charge in [0.2, 0.25) is 5.91 Å². The smallest absolute Gasteiger partial charge is 0.246 e. The van der Waals surface area contributed by atoms with Gasteiger partial charge >= 0.3 is 0 Å². The average Bonchev–Trinajstić information content (AvgIpc) is 2.63. The predicted molar refractivity (Wildman–Crippen MR) is 67.3 cm³/mol. The van der Waals surface area contributed by atoms with Crippen LogP contribution in [0.15, 0.2) is 23.6 Å². The van der Waals surface area contributed by atoms with Crippen LogP contribution in [0.2, 0.25) is 0 Å². The van der Waals surface area contributed by atoms with E-state index >= 15 is 0 Å². The molecule has 0 aromatic carbocycles. The van der Waals surface area contributed by atoms with Crippen molar-refractivity contribution in [3.63, 3.8) is 0 Å². The fraction of sp³-hybridized carbons (Fsp3) is 0.417. The maximum atomic E-state index is 11.6. The topological polar surface area (TPSA) is 40.5 Å². The zero-order chi connectivity index (χ0) is 12.2. The van der Waals surface area contributed by atoms with Gasteiger partial charge in [-0.15, -0.1) is 11.3 Å². The molecule has 4 heteroatoms. The van der Waals surface area contributed by atoms with Crippen molar-refractivity contribution in [1.82, 2.24) is 4.90 Å². The van der Waals surface area contributed by atoms with Crippen LogP contribution in [0.25, 0.3) is 6.08 Å². The summed E-state index contributed by atoms with van der Waals surface area (Å²) in [6, 6.07) is 3.89. The minimum Gasteiger partial charge on any atom is -0.389 e. The van der Waals surface area contributed by atoms with E-state index in [2.05, 4.69) is 0 Å². The number of rotatable bonds is 4. The van der Waals surface area contributed by atoms with Gasteiger partial charge in [-0.05, 0) is 31.4 Å². The second-order valence-electron chi connectivity index (χ2n) is 4.36. The minimum absolute atomic E-state index is 0.101. The number of nitrogens with zero attached hydrogens (tertiary/aromatic N) is 1. The summed E-state index contributed by atoms with van der Waals surface area (Å²) in [5, 5.41) is 11.5. The van der Waals surface area contributed by atoms with Gasteiger partial charge in [-0.1, -0.05) is 6.07 Å². The maximum absolute atomic E-state index is 11.6. The summed E-state index contributed by atoms with van der Waals surface area (Å²) >= 11 is 1.58. The quantitative estimate of drug-likeness (QED) is 0.816. The lowest BCUT2D eigenvalue weighted by atomic mass is 10.1. The Bertz CT molecular complexity index is 363. The van der Waals surface area contributed by atoms with Gasteiger partial charge in [0.1, 0.15) is 0 Å². The van der Waals surface area contributed by atoms with Crippen LogP contribution >= 0.6 is 11.3 Å². The van der Waals surface area contributed by atoms with Gasteiger partial charge < -0.3 is 10.0 Å². The highest BCUT2D eigenvalue weighted by atomic mass is 32.1. The van der Waals surface area contributed by atoms with E-state index in [0.29, 0.717) is 6.54 Å². The molecule has 1 N–H and O–H groups in total. The Morgan fingerprint density at radius 1 is 1.62 bits per heavy atom. The van der Waals surface area contributed by atoms with Crippen molar-refractivity contribution in [2.24, 2.45) is 0 Å². The average molecular weight is 239 g/mol. The first-order valence-electron chi connectivity index (χ1n) is 5.07. The van der Waals surface area contributed by atoms with Crippen LogP contribution in [0, 0.1) is 0 Å². The largest absolute Gasteiger partial charge is 0.389 e. The van der Waals surface area contributed by atoms with Gasteiger partial charge in [-0.2, -0.15) is 0 Å². The molecule has 0 saturated carbocycles. The lowest BCUT2D eigenvalue weighted by Crippen LogP contribution is -2.38. The van der Waals surface area contributed by atoms with Crippen LogP contribution in [0.3, 0.4) is 0 Å². The third-order valence-corrected chi connectivity index (χ3v) is 2.77. The summed E-state index contributed by atoms with van der Waals surface area (Å²) in [5.74, 6) is -0.101. The van der Waals surface area contributed by atoms with E-state index in [1.807, 2.05) is 17.5 Å². The Morgan fingerprint density at radius 2 is 2.31 bits per heavy atom. The fourth-order valence-electron chi connectivity index (χ4n) is 1.33. The molecule has 1 aromatic rings. The molecule has 3 nitrogen and oxygen atoms in total. The van der Waals surface area contributed by atoms with Crippen LogP contribution in [0.4, 0.5) is 0 Å². The number of thiophene rings is 1. The zero-order valence-corrected chi connectivity index (χ0v) is 10.6. The van der Waals surface area contributed by atoms with Crippen molar-refractivity contribution in [3.8, 4) is 0 Å². The monoisotopic (exact) mass is 239 g/mol. The fourth-order valence-corrected chi connectivity index (χ4v) is 1.94. The molecular weight excluding hydrogens is 222 g/mol. The lowest BCUT2D eigenvalue weighted by Gasteiger charge is -2.24. The number of likely N-dealkylation sites (N-methyl/N-ethyl adjacent to an activating group) is 1. The first-order valence-corrected chi connectivity index (χ1v) is 5.95. The third kappa shape index (κ3) is 4.59. The molecule has 0 radical (unpaired) electrons. The Morgan fingerprint density at radius 3 is 2.81 bits per heavy atom. The van der Waals surface area contributed by atoms with Crippen LogP contribution in [0.5, 0.6) is 0 Å². The minimum atomic E-state index is -0.860. The van der Waals surface area contributed by atoms with Crippen molar-refractivity contribution in [1.29, 1.82) is 0 Å². The molecule has 0 bridgehead atoms. The van der Waals surface area contributed by atoms with Crippen LogP contribution < -0.4 is 0 Å². The number of amides is 1. The summed E-state index contributed by atoms with van der Waals surface area (Å²) in [4.78, 5) is 14.2. The molecule has 1 amide bonds. The summed E-state index contributed by atoms with van der Waals surface area (Å²) < 4.78 is 0. The molecule has 0 aliphatic rings. The second kappa shape index (κ2) is 5.27. The Balaban J connectivity index is 2.52. The van der Waals surface area contributed by atoms with Crippen molar-refractivity contribution in [2.45, 2.75) is 19.4 Å². The van der Waals surface area contributed by atoms with Gasteiger partial charge in [0.25, 0.3) is 0 Å². The van der Waals surface area contributed by atoms with E-state index in [4.69, 9.17) is 0 Å². The highest BCUT2D eigenvalue weighted by molar-refractivity contribution is 7.10. The van der Waals surface area contributed by atoms with E-state index in [1.54, 1.807) is 38.3 Å². The highest BCUT2D eigenvalue weighted by Gasteiger charge is 2.17. The van der Waals surface area contributed by atoms with Crippen LogP contribution in [-0.2, 0) is 4.79 Å².